The third kappa shape index (κ3) is 3.62. The van der Waals surface area contributed by atoms with Crippen LogP contribution in [0.5, 0.6) is 0 Å². The van der Waals surface area contributed by atoms with E-state index < -0.39 is 0 Å². The summed E-state index contributed by atoms with van der Waals surface area (Å²) in [6, 6.07) is 0. The predicted octanol–water partition coefficient (Wildman–Crippen LogP) is 3.30. The highest BCUT2D eigenvalue weighted by atomic mass is 79.9. The maximum atomic E-state index is 9.16. The van der Waals surface area contributed by atoms with Crippen molar-refractivity contribution in [2.75, 3.05) is 6.61 Å². The zero-order valence-corrected chi connectivity index (χ0v) is 14.0. The van der Waals surface area contributed by atoms with E-state index in [0.717, 1.165) is 54.5 Å². The lowest BCUT2D eigenvalue weighted by molar-refractivity contribution is -0.00177. The minimum Gasteiger partial charge on any atom is -0.396 e. The molecule has 4 nitrogen and oxygen atoms in total. The number of aromatic nitrogens is 2. The van der Waals surface area contributed by atoms with E-state index in [1.807, 2.05) is 4.68 Å². The Morgan fingerprint density at radius 1 is 1.30 bits per heavy atom. The Kier molecular flexibility index (Phi) is 6.05. The Balaban J connectivity index is 1.92. The highest BCUT2D eigenvalue weighted by Crippen LogP contribution is 2.28. The number of hydrogen-bond donors (Lipinski definition) is 1. The molecule has 0 bridgehead atoms. The van der Waals surface area contributed by atoms with Gasteiger partial charge in [0.2, 0.25) is 0 Å². The molecule has 0 atom stereocenters. The molecular formula is C15H25BrN2O2. The monoisotopic (exact) mass is 344 g/mol. The van der Waals surface area contributed by atoms with E-state index in [-0.39, 0.29) is 0 Å². The maximum absolute atomic E-state index is 9.16. The van der Waals surface area contributed by atoms with Gasteiger partial charge in [-0.1, -0.05) is 6.92 Å². The third-order valence-electron chi connectivity index (χ3n) is 4.20. The van der Waals surface area contributed by atoms with Crippen LogP contribution in [0.2, 0.25) is 0 Å². The Bertz CT molecular complexity index is 426. The van der Waals surface area contributed by atoms with Crippen molar-refractivity contribution in [1.29, 1.82) is 0 Å². The number of rotatable bonds is 6. The first-order valence-corrected chi connectivity index (χ1v) is 8.45. The van der Waals surface area contributed by atoms with Crippen molar-refractivity contribution in [1.82, 2.24) is 9.78 Å². The summed E-state index contributed by atoms with van der Waals surface area (Å²) >= 11 is 3.65. The number of aliphatic hydroxyl groups excluding tert-OH is 1. The summed E-state index contributed by atoms with van der Waals surface area (Å²) < 4.78 is 9.20. The van der Waals surface area contributed by atoms with Gasteiger partial charge >= 0.3 is 0 Å². The molecule has 0 aliphatic heterocycles. The largest absolute Gasteiger partial charge is 0.396 e. The summed E-state index contributed by atoms with van der Waals surface area (Å²) in [5, 5.41) is 13.8. The van der Waals surface area contributed by atoms with Crippen molar-refractivity contribution in [2.45, 2.75) is 65.2 Å². The molecule has 0 aromatic carbocycles. The molecule has 1 N–H and O–H groups in total. The Morgan fingerprint density at radius 2 is 2.00 bits per heavy atom. The summed E-state index contributed by atoms with van der Waals surface area (Å²) in [6.45, 7) is 6.04. The van der Waals surface area contributed by atoms with Crippen LogP contribution in [0.1, 0.15) is 50.9 Å². The van der Waals surface area contributed by atoms with Gasteiger partial charge in [0.25, 0.3) is 0 Å². The first kappa shape index (κ1) is 16.0. The number of halogens is 1. The van der Waals surface area contributed by atoms with Gasteiger partial charge in [0.05, 0.1) is 28.6 Å². The zero-order valence-electron chi connectivity index (χ0n) is 12.4. The lowest BCUT2D eigenvalue weighted by atomic mass is 9.88. The van der Waals surface area contributed by atoms with E-state index in [2.05, 4.69) is 34.9 Å². The zero-order chi connectivity index (χ0) is 14.5. The standard InChI is InChI=1S/C15H25BrN2O2/c1-3-13-15(16)14(18(4-2)17-13)10-20-12-7-5-11(9-19)6-8-12/h11-12,19H,3-10H2,1-2H3. The summed E-state index contributed by atoms with van der Waals surface area (Å²) in [6.07, 6.45) is 5.54. The molecular weight excluding hydrogens is 320 g/mol. The number of aliphatic hydroxyl groups is 1. The molecule has 1 saturated carbocycles. The molecule has 0 amide bonds. The van der Waals surface area contributed by atoms with Gasteiger partial charge in [-0.2, -0.15) is 5.10 Å². The first-order valence-electron chi connectivity index (χ1n) is 7.66. The van der Waals surface area contributed by atoms with Crippen LogP contribution in [0.15, 0.2) is 4.47 Å². The van der Waals surface area contributed by atoms with Crippen LogP contribution in [0.4, 0.5) is 0 Å². The Hall–Kier alpha value is -0.390. The molecule has 0 saturated heterocycles. The molecule has 1 aromatic heterocycles. The molecule has 114 valence electrons. The van der Waals surface area contributed by atoms with Gasteiger partial charge < -0.3 is 9.84 Å². The van der Waals surface area contributed by atoms with Crippen molar-refractivity contribution >= 4 is 15.9 Å². The molecule has 0 radical (unpaired) electrons. The molecule has 1 aliphatic rings. The number of ether oxygens (including phenoxy) is 1. The highest BCUT2D eigenvalue weighted by molar-refractivity contribution is 9.10. The van der Waals surface area contributed by atoms with Crippen LogP contribution >= 0.6 is 15.9 Å². The SMILES string of the molecule is CCc1nn(CC)c(COC2CCC(CO)CC2)c1Br. The summed E-state index contributed by atoms with van der Waals surface area (Å²) in [5.41, 5.74) is 2.25. The van der Waals surface area contributed by atoms with E-state index in [9.17, 15) is 0 Å². The van der Waals surface area contributed by atoms with Crippen molar-refractivity contribution in [3.05, 3.63) is 15.9 Å². The van der Waals surface area contributed by atoms with Crippen LogP contribution in [0, 0.1) is 5.92 Å². The predicted molar refractivity (Wildman–Crippen MR) is 82.6 cm³/mol. The molecule has 1 fully saturated rings. The molecule has 1 heterocycles. The van der Waals surface area contributed by atoms with Crippen LogP contribution < -0.4 is 0 Å². The fraction of sp³-hybridized carbons (Fsp3) is 0.800. The van der Waals surface area contributed by atoms with Gasteiger partial charge in [0.1, 0.15) is 0 Å². The van der Waals surface area contributed by atoms with Crippen LogP contribution in [0.3, 0.4) is 0 Å². The second-order valence-corrected chi connectivity index (χ2v) is 6.31. The van der Waals surface area contributed by atoms with Gasteiger partial charge in [-0.15, -0.1) is 0 Å². The Labute approximate surface area is 129 Å². The molecule has 1 aromatic rings. The molecule has 20 heavy (non-hydrogen) atoms. The molecule has 2 rings (SSSR count). The minimum atomic E-state index is 0.320. The smallest absolute Gasteiger partial charge is 0.0900 e. The second-order valence-electron chi connectivity index (χ2n) is 5.51. The van der Waals surface area contributed by atoms with Crippen LogP contribution in [-0.2, 0) is 24.3 Å². The summed E-state index contributed by atoms with van der Waals surface area (Å²) in [5.74, 6) is 0.481. The molecule has 0 unspecified atom stereocenters. The fourth-order valence-corrected chi connectivity index (χ4v) is 3.51. The van der Waals surface area contributed by atoms with Gasteiger partial charge in [-0.3, -0.25) is 4.68 Å². The van der Waals surface area contributed by atoms with Gasteiger partial charge in [-0.25, -0.2) is 0 Å². The molecule has 0 spiro atoms. The average Bonchev–Trinajstić information content (AvgIpc) is 2.81. The van der Waals surface area contributed by atoms with Crippen LogP contribution in [0.25, 0.3) is 0 Å². The van der Waals surface area contributed by atoms with Gasteiger partial charge in [0, 0.05) is 13.2 Å². The molecule has 5 heteroatoms. The number of hydrogen-bond acceptors (Lipinski definition) is 3. The first-order chi connectivity index (χ1) is 9.69. The van der Waals surface area contributed by atoms with Crippen LogP contribution in [-0.4, -0.2) is 27.6 Å². The lowest BCUT2D eigenvalue weighted by Crippen LogP contribution is -2.23. The third-order valence-corrected chi connectivity index (χ3v) is 5.12. The molecule has 1 aliphatic carbocycles. The van der Waals surface area contributed by atoms with Gasteiger partial charge in [0.15, 0.2) is 0 Å². The maximum Gasteiger partial charge on any atom is 0.0900 e. The highest BCUT2D eigenvalue weighted by Gasteiger charge is 2.22. The van der Waals surface area contributed by atoms with E-state index in [1.165, 1.54) is 0 Å². The topological polar surface area (TPSA) is 47.3 Å². The van der Waals surface area contributed by atoms with E-state index in [4.69, 9.17) is 9.84 Å². The quantitative estimate of drug-likeness (QED) is 0.861. The van der Waals surface area contributed by atoms with Crippen molar-refractivity contribution in [3.63, 3.8) is 0 Å². The van der Waals surface area contributed by atoms with E-state index in [0.29, 0.717) is 25.2 Å². The van der Waals surface area contributed by atoms with Crippen molar-refractivity contribution in [2.24, 2.45) is 5.92 Å². The lowest BCUT2D eigenvalue weighted by Gasteiger charge is -2.27. The normalized spacial score (nSPS) is 23.2. The van der Waals surface area contributed by atoms with E-state index >= 15 is 0 Å². The summed E-state index contributed by atoms with van der Waals surface area (Å²) in [4.78, 5) is 0. The summed E-state index contributed by atoms with van der Waals surface area (Å²) in [7, 11) is 0. The Morgan fingerprint density at radius 3 is 2.55 bits per heavy atom. The van der Waals surface area contributed by atoms with Crippen molar-refractivity contribution < 1.29 is 9.84 Å². The number of aryl methyl sites for hydroxylation is 2. The van der Waals surface area contributed by atoms with E-state index in [1.54, 1.807) is 0 Å². The minimum absolute atomic E-state index is 0.320. The fourth-order valence-electron chi connectivity index (χ4n) is 2.83. The van der Waals surface area contributed by atoms with Gasteiger partial charge in [-0.05, 0) is 60.9 Å². The second kappa shape index (κ2) is 7.57. The number of nitrogens with zero attached hydrogens (tertiary/aromatic N) is 2. The average molecular weight is 345 g/mol. The van der Waals surface area contributed by atoms with Crippen molar-refractivity contribution in [3.8, 4) is 0 Å².